The van der Waals surface area contributed by atoms with Crippen LogP contribution in [0.2, 0.25) is 5.02 Å². The molecule has 0 atom stereocenters. The Morgan fingerprint density at radius 3 is 2.75 bits per heavy atom. The zero-order valence-electron chi connectivity index (χ0n) is 15.3. The molecule has 0 aliphatic heterocycles. The van der Waals surface area contributed by atoms with E-state index in [1.807, 2.05) is 59.3 Å². The van der Waals surface area contributed by atoms with Gasteiger partial charge >= 0.3 is 0 Å². The summed E-state index contributed by atoms with van der Waals surface area (Å²) in [6.07, 6.45) is 3.06. The van der Waals surface area contributed by atoms with Crippen LogP contribution in [0, 0.1) is 0 Å². The highest BCUT2D eigenvalue weighted by Gasteiger charge is 2.30. The number of halogens is 1. The van der Waals surface area contributed by atoms with Crippen molar-refractivity contribution in [3.05, 3.63) is 71.0 Å². The highest BCUT2D eigenvalue weighted by molar-refractivity contribution is 7.99. The van der Waals surface area contributed by atoms with Crippen molar-refractivity contribution in [3.63, 3.8) is 0 Å². The van der Waals surface area contributed by atoms with Crippen molar-refractivity contribution < 1.29 is 4.79 Å². The van der Waals surface area contributed by atoms with Crippen molar-refractivity contribution in [1.29, 1.82) is 0 Å². The molecule has 1 aliphatic carbocycles. The molecule has 5 nitrogen and oxygen atoms in total. The number of hydrogen-bond acceptors (Lipinski definition) is 4. The van der Waals surface area contributed by atoms with Crippen molar-refractivity contribution >= 4 is 29.3 Å². The number of carbonyl (C=O) groups excluding carboxylic acids is 1. The van der Waals surface area contributed by atoms with E-state index in [0.717, 1.165) is 36.3 Å². The molecule has 0 bridgehead atoms. The van der Waals surface area contributed by atoms with Gasteiger partial charge in [-0.1, -0.05) is 53.7 Å². The van der Waals surface area contributed by atoms with Gasteiger partial charge in [0.25, 0.3) is 0 Å². The first-order valence-electron chi connectivity index (χ1n) is 9.35. The van der Waals surface area contributed by atoms with Gasteiger partial charge in [-0.15, -0.1) is 5.10 Å². The molecule has 0 spiro atoms. The number of hydrogen-bond donors (Lipinski definition) is 1. The number of carbonyl (C=O) groups is 1. The van der Waals surface area contributed by atoms with Gasteiger partial charge < -0.3 is 5.32 Å². The first-order valence-corrected chi connectivity index (χ1v) is 10.7. The number of thioether (sulfide) groups is 1. The van der Waals surface area contributed by atoms with E-state index in [1.165, 1.54) is 11.8 Å². The molecule has 1 amide bonds. The summed E-state index contributed by atoms with van der Waals surface area (Å²) >= 11 is 7.36. The highest BCUT2D eigenvalue weighted by atomic mass is 35.5. The minimum absolute atomic E-state index is 0.0175. The monoisotopic (exact) mass is 412 g/mol. The van der Waals surface area contributed by atoms with E-state index in [-0.39, 0.29) is 5.91 Å². The Balaban J connectivity index is 1.31. The second-order valence-electron chi connectivity index (χ2n) is 6.79. The Bertz CT molecular complexity index is 956. The van der Waals surface area contributed by atoms with Crippen LogP contribution in [-0.2, 0) is 11.2 Å². The highest BCUT2D eigenvalue weighted by Crippen LogP contribution is 2.40. The molecular formula is C21H21ClN4OS. The zero-order valence-corrected chi connectivity index (χ0v) is 16.9. The first kappa shape index (κ1) is 19.0. The predicted molar refractivity (Wildman–Crippen MR) is 112 cm³/mol. The molecule has 2 aromatic carbocycles. The van der Waals surface area contributed by atoms with E-state index in [9.17, 15) is 4.79 Å². The third-order valence-electron chi connectivity index (χ3n) is 4.51. The van der Waals surface area contributed by atoms with Gasteiger partial charge in [0.05, 0.1) is 11.4 Å². The maximum absolute atomic E-state index is 12.2. The number of benzene rings is 2. The van der Waals surface area contributed by atoms with Crippen LogP contribution in [0.4, 0.5) is 0 Å². The maximum Gasteiger partial charge on any atom is 0.230 e. The number of para-hydroxylation sites is 1. The molecule has 1 aliphatic rings. The Hall–Kier alpha value is -2.31. The van der Waals surface area contributed by atoms with E-state index in [1.54, 1.807) is 0 Å². The molecule has 1 fully saturated rings. The van der Waals surface area contributed by atoms with Crippen LogP contribution in [0.5, 0.6) is 0 Å². The van der Waals surface area contributed by atoms with Crippen molar-refractivity contribution in [1.82, 2.24) is 20.1 Å². The molecule has 1 N–H and O–H groups in total. The normalized spacial score (nSPS) is 13.5. The lowest BCUT2D eigenvalue weighted by molar-refractivity contribution is -0.118. The van der Waals surface area contributed by atoms with Gasteiger partial charge in [0.15, 0.2) is 0 Å². The van der Waals surface area contributed by atoms with Gasteiger partial charge in [-0.2, -0.15) is 0 Å². The smallest absolute Gasteiger partial charge is 0.230 e. The van der Waals surface area contributed by atoms with Crippen molar-refractivity contribution in [2.45, 2.75) is 30.3 Å². The Morgan fingerprint density at radius 2 is 2.00 bits per heavy atom. The summed E-state index contributed by atoms with van der Waals surface area (Å²) in [5, 5.41) is 8.93. The Kier molecular flexibility index (Phi) is 5.98. The Labute approximate surface area is 173 Å². The maximum atomic E-state index is 12.2. The number of amides is 1. The van der Waals surface area contributed by atoms with Gasteiger partial charge in [-0.25, -0.2) is 9.67 Å². The lowest BCUT2D eigenvalue weighted by Gasteiger charge is -2.05. The van der Waals surface area contributed by atoms with Crippen LogP contribution in [-0.4, -0.2) is 33.0 Å². The summed E-state index contributed by atoms with van der Waals surface area (Å²) < 4.78 is 1.91. The minimum atomic E-state index is -0.0175. The average Bonchev–Trinajstić information content (AvgIpc) is 3.46. The van der Waals surface area contributed by atoms with Crippen molar-refractivity contribution in [2.24, 2.45) is 0 Å². The van der Waals surface area contributed by atoms with Gasteiger partial charge in [0.1, 0.15) is 5.82 Å². The second kappa shape index (κ2) is 8.80. The van der Waals surface area contributed by atoms with Crippen LogP contribution in [0.15, 0.2) is 59.8 Å². The quantitative estimate of drug-likeness (QED) is 0.562. The molecular weight excluding hydrogens is 392 g/mol. The molecule has 1 aromatic heterocycles. The van der Waals surface area contributed by atoms with Gasteiger partial charge in [-0.3, -0.25) is 4.79 Å². The topological polar surface area (TPSA) is 59.8 Å². The molecule has 144 valence electrons. The van der Waals surface area contributed by atoms with Gasteiger partial charge in [-0.05, 0) is 49.1 Å². The molecule has 3 aromatic rings. The van der Waals surface area contributed by atoms with Crippen LogP contribution in [0.3, 0.4) is 0 Å². The predicted octanol–water partition coefficient (Wildman–Crippen LogP) is 4.25. The molecule has 0 unspecified atom stereocenters. The lowest BCUT2D eigenvalue weighted by Crippen LogP contribution is -2.27. The average molecular weight is 413 g/mol. The number of aromatic nitrogens is 3. The van der Waals surface area contributed by atoms with E-state index in [4.69, 9.17) is 11.6 Å². The number of nitrogens with zero attached hydrogens (tertiary/aromatic N) is 3. The molecule has 0 radical (unpaired) electrons. The van der Waals surface area contributed by atoms with Crippen LogP contribution < -0.4 is 5.32 Å². The second-order valence-corrected chi connectivity index (χ2v) is 8.17. The summed E-state index contributed by atoms with van der Waals surface area (Å²) in [7, 11) is 0. The summed E-state index contributed by atoms with van der Waals surface area (Å²) in [5.41, 5.74) is 2.12. The number of rotatable bonds is 8. The summed E-state index contributed by atoms with van der Waals surface area (Å²) in [5.74, 6) is 1.76. The van der Waals surface area contributed by atoms with Crippen LogP contribution in [0.1, 0.15) is 30.1 Å². The van der Waals surface area contributed by atoms with Gasteiger partial charge in [0, 0.05) is 17.5 Å². The third kappa shape index (κ3) is 4.94. The van der Waals surface area contributed by atoms with E-state index >= 15 is 0 Å². The molecule has 7 heteroatoms. The van der Waals surface area contributed by atoms with Crippen LogP contribution in [0.25, 0.3) is 5.69 Å². The fraction of sp³-hybridized carbons (Fsp3) is 0.286. The van der Waals surface area contributed by atoms with E-state index < -0.39 is 0 Å². The standard InChI is InChI=1S/C21H21ClN4OS/c22-17-6-4-5-15(13-17)11-12-23-19(27)14-28-21-24-20(16-9-10-16)26(25-21)18-7-2-1-3-8-18/h1-8,13,16H,9-12,14H2,(H,23,27). The molecule has 1 saturated carbocycles. The van der Waals surface area contributed by atoms with Crippen LogP contribution >= 0.6 is 23.4 Å². The van der Waals surface area contributed by atoms with Gasteiger partial charge in [0.2, 0.25) is 11.1 Å². The fourth-order valence-corrected chi connectivity index (χ4v) is 3.82. The van der Waals surface area contributed by atoms with Crippen molar-refractivity contribution in [2.75, 3.05) is 12.3 Å². The zero-order chi connectivity index (χ0) is 19.3. The fourth-order valence-electron chi connectivity index (χ4n) is 2.95. The first-order chi connectivity index (χ1) is 13.7. The molecule has 28 heavy (non-hydrogen) atoms. The molecule has 0 saturated heterocycles. The minimum Gasteiger partial charge on any atom is -0.355 e. The van der Waals surface area contributed by atoms with E-state index in [0.29, 0.717) is 28.4 Å². The summed E-state index contributed by atoms with van der Waals surface area (Å²) in [6.45, 7) is 0.582. The SMILES string of the molecule is O=C(CSc1nc(C2CC2)n(-c2ccccc2)n1)NCCc1cccc(Cl)c1. The summed E-state index contributed by atoms with van der Waals surface area (Å²) in [4.78, 5) is 16.8. The third-order valence-corrected chi connectivity index (χ3v) is 5.59. The summed E-state index contributed by atoms with van der Waals surface area (Å²) in [6, 6.07) is 17.7. The Morgan fingerprint density at radius 1 is 1.18 bits per heavy atom. The molecule has 1 heterocycles. The molecule has 4 rings (SSSR count). The van der Waals surface area contributed by atoms with Crippen molar-refractivity contribution in [3.8, 4) is 5.69 Å². The lowest BCUT2D eigenvalue weighted by atomic mass is 10.1. The number of nitrogens with one attached hydrogen (secondary N) is 1. The van der Waals surface area contributed by atoms with E-state index in [2.05, 4.69) is 15.4 Å². The largest absolute Gasteiger partial charge is 0.355 e.